The van der Waals surface area contributed by atoms with E-state index >= 15 is 0 Å². The lowest BCUT2D eigenvalue weighted by atomic mass is 9.80. The minimum atomic E-state index is -0.319. The maximum atomic E-state index is 12.6. The number of nitrogens with one attached hydrogen (secondary N) is 1. The van der Waals surface area contributed by atoms with Gasteiger partial charge in [0.05, 0.1) is 6.54 Å². The van der Waals surface area contributed by atoms with Crippen molar-refractivity contribution in [1.82, 2.24) is 10.2 Å². The van der Waals surface area contributed by atoms with E-state index in [9.17, 15) is 9.59 Å². The minimum absolute atomic E-state index is 0.00152. The predicted molar refractivity (Wildman–Crippen MR) is 79.1 cm³/mol. The first-order chi connectivity index (χ1) is 9.52. The first-order valence-electron chi connectivity index (χ1n) is 8.11. The van der Waals surface area contributed by atoms with Gasteiger partial charge in [0, 0.05) is 6.54 Å². The summed E-state index contributed by atoms with van der Waals surface area (Å²) in [5.74, 6) is 1.56. The van der Waals surface area contributed by atoms with E-state index < -0.39 is 0 Å². The highest BCUT2D eigenvalue weighted by Crippen LogP contribution is 2.30. The SMILES string of the molecule is CCC(C)C1NC(=O)CN(CC2CCCCC2C)C1=O. The molecule has 0 aromatic rings. The average molecular weight is 280 g/mol. The highest BCUT2D eigenvalue weighted by Gasteiger charge is 2.37. The normalized spacial score (nSPS) is 33.0. The number of amides is 2. The van der Waals surface area contributed by atoms with Crippen molar-refractivity contribution < 1.29 is 9.59 Å². The molecule has 2 fully saturated rings. The van der Waals surface area contributed by atoms with Gasteiger partial charge in [-0.3, -0.25) is 9.59 Å². The Hall–Kier alpha value is -1.06. The molecule has 20 heavy (non-hydrogen) atoms. The first-order valence-corrected chi connectivity index (χ1v) is 8.11. The Labute approximate surface area is 122 Å². The summed E-state index contributed by atoms with van der Waals surface area (Å²) in [6, 6.07) is -0.319. The topological polar surface area (TPSA) is 49.4 Å². The van der Waals surface area contributed by atoms with Gasteiger partial charge in [0.15, 0.2) is 0 Å². The molecule has 2 rings (SSSR count). The van der Waals surface area contributed by atoms with E-state index in [1.807, 2.05) is 11.8 Å². The van der Waals surface area contributed by atoms with E-state index in [0.29, 0.717) is 11.8 Å². The van der Waals surface area contributed by atoms with Gasteiger partial charge in [-0.2, -0.15) is 0 Å². The van der Waals surface area contributed by atoms with Crippen LogP contribution in [0.3, 0.4) is 0 Å². The van der Waals surface area contributed by atoms with Gasteiger partial charge in [0.25, 0.3) is 0 Å². The van der Waals surface area contributed by atoms with Crippen molar-refractivity contribution in [3.63, 3.8) is 0 Å². The molecule has 1 saturated heterocycles. The van der Waals surface area contributed by atoms with Crippen molar-refractivity contribution in [3.8, 4) is 0 Å². The summed E-state index contributed by atoms with van der Waals surface area (Å²) in [5.41, 5.74) is 0. The summed E-state index contributed by atoms with van der Waals surface area (Å²) in [6.07, 6.45) is 5.93. The molecule has 0 aromatic heterocycles. The monoisotopic (exact) mass is 280 g/mol. The van der Waals surface area contributed by atoms with Crippen molar-refractivity contribution in [2.75, 3.05) is 13.1 Å². The van der Waals surface area contributed by atoms with Crippen LogP contribution in [0.25, 0.3) is 0 Å². The summed E-state index contributed by atoms with van der Waals surface area (Å²) >= 11 is 0. The maximum absolute atomic E-state index is 12.6. The standard InChI is InChI=1S/C16H28N2O2/c1-4-11(2)15-16(20)18(10-14(19)17-15)9-13-8-6-5-7-12(13)3/h11-13,15H,4-10H2,1-3H3,(H,17,19). The van der Waals surface area contributed by atoms with Crippen molar-refractivity contribution in [3.05, 3.63) is 0 Å². The van der Waals surface area contributed by atoms with Crippen LogP contribution in [-0.2, 0) is 9.59 Å². The Bertz CT molecular complexity index is 369. The molecule has 4 heteroatoms. The molecule has 0 spiro atoms. The Balaban J connectivity index is 2.02. The zero-order chi connectivity index (χ0) is 14.7. The lowest BCUT2D eigenvalue weighted by Crippen LogP contribution is -2.61. The summed E-state index contributed by atoms with van der Waals surface area (Å²) in [5, 5.41) is 2.87. The zero-order valence-corrected chi connectivity index (χ0v) is 13.0. The molecule has 4 unspecified atom stereocenters. The molecule has 0 aromatic carbocycles. The van der Waals surface area contributed by atoms with Crippen LogP contribution in [-0.4, -0.2) is 35.8 Å². The molecule has 1 N–H and O–H groups in total. The van der Waals surface area contributed by atoms with E-state index in [1.165, 1.54) is 25.7 Å². The number of carbonyl (C=O) groups excluding carboxylic acids is 2. The van der Waals surface area contributed by atoms with Gasteiger partial charge in [-0.25, -0.2) is 0 Å². The van der Waals surface area contributed by atoms with E-state index in [4.69, 9.17) is 0 Å². The fraction of sp³-hybridized carbons (Fsp3) is 0.875. The van der Waals surface area contributed by atoms with Crippen LogP contribution >= 0.6 is 0 Å². The molecular weight excluding hydrogens is 252 g/mol. The predicted octanol–water partition coefficient (Wildman–Crippen LogP) is 2.19. The quantitative estimate of drug-likeness (QED) is 0.858. The van der Waals surface area contributed by atoms with Crippen LogP contribution in [0.1, 0.15) is 52.9 Å². The molecule has 2 amide bonds. The Kier molecular flexibility index (Phi) is 5.06. The van der Waals surface area contributed by atoms with E-state index in [-0.39, 0.29) is 30.3 Å². The Morgan fingerprint density at radius 1 is 1.30 bits per heavy atom. The largest absolute Gasteiger partial charge is 0.342 e. The number of rotatable bonds is 4. The highest BCUT2D eigenvalue weighted by atomic mass is 16.2. The second-order valence-corrected chi connectivity index (χ2v) is 6.67. The second-order valence-electron chi connectivity index (χ2n) is 6.67. The molecule has 1 heterocycles. The van der Waals surface area contributed by atoms with E-state index in [2.05, 4.69) is 19.2 Å². The average Bonchev–Trinajstić information content (AvgIpc) is 2.44. The summed E-state index contributed by atoms with van der Waals surface area (Å²) in [6.45, 7) is 7.39. The molecule has 1 aliphatic carbocycles. The maximum Gasteiger partial charge on any atom is 0.245 e. The lowest BCUT2D eigenvalue weighted by Gasteiger charge is -2.39. The molecule has 1 aliphatic heterocycles. The summed E-state index contributed by atoms with van der Waals surface area (Å²) in [7, 11) is 0. The van der Waals surface area contributed by atoms with Crippen LogP contribution in [0.5, 0.6) is 0 Å². The van der Waals surface area contributed by atoms with Gasteiger partial charge in [0.1, 0.15) is 6.04 Å². The smallest absolute Gasteiger partial charge is 0.245 e. The van der Waals surface area contributed by atoms with Crippen molar-refractivity contribution >= 4 is 11.8 Å². The van der Waals surface area contributed by atoms with Gasteiger partial charge < -0.3 is 10.2 Å². The van der Waals surface area contributed by atoms with Crippen molar-refractivity contribution in [1.29, 1.82) is 0 Å². The number of nitrogens with zero attached hydrogens (tertiary/aromatic N) is 1. The van der Waals surface area contributed by atoms with Crippen molar-refractivity contribution in [2.24, 2.45) is 17.8 Å². The van der Waals surface area contributed by atoms with Gasteiger partial charge in [0.2, 0.25) is 11.8 Å². The fourth-order valence-corrected chi connectivity index (χ4v) is 3.45. The number of hydrogen-bond acceptors (Lipinski definition) is 2. The molecule has 4 nitrogen and oxygen atoms in total. The third-order valence-corrected chi connectivity index (χ3v) is 5.19. The van der Waals surface area contributed by atoms with E-state index in [1.54, 1.807) is 0 Å². The number of hydrogen-bond donors (Lipinski definition) is 1. The molecule has 4 atom stereocenters. The van der Waals surface area contributed by atoms with Crippen LogP contribution < -0.4 is 5.32 Å². The van der Waals surface area contributed by atoms with Crippen LogP contribution in [0.4, 0.5) is 0 Å². The Morgan fingerprint density at radius 3 is 2.65 bits per heavy atom. The summed E-state index contributed by atoms with van der Waals surface area (Å²) < 4.78 is 0. The van der Waals surface area contributed by atoms with Crippen LogP contribution in [0.2, 0.25) is 0 Å². The van der Waals surface area contributed by atoms with Gasteiger partial charge >= 0.3 is 0 Å². The first kappa shape index (κ1) is 15.3. The molecule has 114 valence electrons. The number of piperazine rings is 1. The minimum Gasteiger partial charge on any atom is -0.342 e. The summed E-state index contributed by atoms with van der Waals surface area (Å²) in [4.78, 5) is 26.2. The third kappa shape index (κ3) is 3.33. The molecule has 0 radical (unpaired) electrons. The molecule has 2 aliphatic rings. The van der Waals surface area contributed by atoms with E-state index in [0.717, 1.165) is 13.0 Å². The van der Waals surface area contributed by atoms with Crippen molar-refractivity contribution in [2.45, 2.75) is 58.9 Å². The molecule has 0 bridgehead atoms. The molecular formula is C16H28N2O2. The highest BCUT2D eigenvalue weighted by molar-refractivity contribution is 5.95. The lowest BCUT2D eigenvalue weighted by molar-refractivity contribution is -0.146. The van der Waals surface area contributed by atoms with Crippen LogP contribution in [0, 0.1) is 17.8 Å². The fourth-order valence-electron chi connectivity index (χ4n) is 3.45. The molecule has 1 saturated carbocycles. The van der Waals surface area contributed by atoms with Gasteiger partial charge in [-0.05, 0) is 24.2 Å². The van der Waals surface area contributed by atoms with Gasteiger partial charge in [-0.15, -0.1) is 0 Å². The van der Waals surface area contributed by atoms with Gasteiger partial charge in [-0.1, -0.05) is 46.5 Å². The third-order valence-electron chi connectivity index (χ3n) is 5.19. The number of carbonyl (C=O) groups is 2. The van der Waals surface area contributed by atoms with Crippen LogP contribution in [0.15, 0.2) is 0 Å². The zero-order valence-electron chi connectivity index (χ0n) is 13.0. The second kappa shape index (κ2) is 6.59. The Morgan fingerprint density at radius 2 is 2.00 bits per heavy atom.